The summed E-state index contributed by atoms with van der Waals surface area (Å²) >= 11 is 0. The van der Waals surface area contributed by atoms with Crippen LogP contribution in [0.3, 0.4) is 0 Å². The summed E-state index contributed by atoms with van der Waals surface area (Å²) in [5, 5.41) is 11.0. The van der Waals surface area contributed by atoms with E-state index in [2.05, 4.69) is 6.92 Å². The average Bonchev–Trinajstić information content (AvgIpc) is 3.02. The number of piperidine rings is 1. The quantitative estimate of drug-likeness (QED) is 0.405. The van der Waals surface area contributed by atoms with E-state index in [1.165, 1.54) is 17.0 Å². The van der Waals surface area contributed by atoms with Crippen molar-refractivity contribution in [3.8, 4) is 0 Å². The summed E-state index contributed by atoms with van der Waals surface area (Å²) < 4.78 is 0. The molecule has 0 aromatic heterocycles. The van der Waals surface area contributed by atoms with Crippen molar-refractivity contribution in [3.05, 3.63) is 81.5 Å². The summed E-state index contributed by atoms with van der Waals surface area (Å²) in [4.78, 5) is 40.7. The SMILES string of the molecule is CC1CCCN(C2=C(c3ccc([N+](=O)[O-])cc3)C(=O)N(CCc3ccccc3)C2=O)C1. The summed E-state index contributed by atoms with van der Waals surface area (Å²) in [5.74, 6) is -0.174. The Bertz CT molecular complexity index is 1030. The second-order valence-electron chi connectivity index (χ2n) is 8.22. The fraction of sp³-hybridized carbons (Fsp3) is 0.333. The van der Waals surface area contributed by atoms with Crippen molar-refractivity contribution in [2.45, 2.75) is 26.2 Å². The van der Waals surface area contributed by atoms with Crippen LogP contribution >= 0.6 is 0 Å². The van der Waals surface area contributed by atoms with Crippen LogP contribution in [-0.2, 0) is 16.0 Å². The topological polar surface area (TPSA) is 83.8 Å². The van der Waals surface area contributed by atoms with Gasteiger partial charge in [-0.2, -0.15) is 0 Å². The second kappa shape index (κ2) is 8.71. The highest BCUT2D eigenvalue weighted by Gasteiger charge is 2.42. The van der Waals surface area contributed by atoms with Crippen molar-refractivity contribution < 1.29 is 14.5 Å². The highest BCUT2D eigenvalue weighted by molar-refractivity contribution is 6.35. The molecule has 0 saturated carbocycles. The van der Waals surface area contributed by atoms with Gasteiger partial charge in [-0.15, -0.1) is 0 Å². The van der Waals surface area contributed by atoms with Crippen molar-refractivity contribution in [3.63, 3.8) is 0 Å². The van der Waals surface area contributed by atoms with E-state index in [1.807, 2.05) is 35.2 Å². The van der Waals surface area contributed by atoms with Gasteiger partial charge in [-0.1, -0.05) is 37.3 Å². The highest BCUT2D eigenvalue weighted by Crippen LogP contribution is 2.34. The van der Waals surface area contributed by atoms with Gasteiger partial charge in [0, 0.05) is 31.8 Å². The molecule has 0 aliphatic carbocycles. The summed E-state index contributed by atoms with van der Waals surface area (Å²) in [6.45, 7) is 3.89. The van der Waals surface area contributed by atoms with Crippen LogP contribution in [0.4, 0.5) is 5.69 Å². The molecule has 1 fully saturated rings. The van der Waals surface area contributed by atoms with Crippen molar-refractivity contribution in [1.29, 1.82) is 0 Å². The lowest BCUT2D eigenvalue weighted by molar-refractivity contribution is -0.384. The second-order valence-corrected chi connectivity index (χ2v) is 8.22. The lowest BCUT2D eigenvalue weighted by Gasteiger charge is -2.33. The van der Waals surface area contributed by atoms with E-state index in [0.717, 1.165) is 31.5 Å². The number of non-ortho nitro benzene ring substituents is 1. The van der Waals surface area contributed by atoms with Crippen LogP contribution in [-0.4, -0.2) is 46.2 Å². The molecule has 0 bridgehead atoms. The third kappa shape index (κ3) is 4.21. The summed E-state index contributed by atoms with van der Waals surface area (Å²) in [5.41, 5.74) is 2.33. The van der Waals surface area contributed by atoms with Crippen molar-refractivity contribution >= 4 is 23.1 Å². The molecule has 1 saturated heterocycles. The Morgan fingerprint density at radius 3 is 2.39 bits per heavy atom. The molecule has 7 nitrogen and oxygen atoms in total. The maximum atomic E-state index is 13.4. The van der Waals surface area contributed by atoms with Crippen LogP contribution in [0.5, 0.6) is 0 Å². The Kier molecular flexibility index (Phi) is 5.84. The Balaban J connectivity index is 1.67. The predicted octanol–water partition coefficient (Wildman–Crippen LogP) is 3.65. The first-order valence-corrected chi connectivity index (χ1v) is 10.6. The minimum atomic E-state index is -0.473. The first kappa shape index (κ1) is 20.8. The molecule has 0 radical (unpaired) electrons. The molecule has 2 aromatic rings. The lowest BCUT2D eigenvalue weighted by atomic mass is 9.97. The van der Waals surface area contributed by atoms with Gasteiger partial charge in [0.2, 0.25) is 0 Å². The monoisotopic (exact) mass is 419 g/mol. The summed E-state index contributed by atoms with van der Waals surface area (Å²) in [6, 6.07) is 15.6. The highest BCUT2D eigenvalue weighted by atomic mass is 16.6. The maximum absolute atomic E-state index is 13.4. The standard InChI is InChI=1S/C24H25N3O4/c1-17-6-5-14-25(16-17)22-21(19-9-11-20(12-10-19)27(30)31)23(28)26(24(22)29)15-13-18-7-3-2-4-8-18/h2-4,7-12,17H,5-6,13-16H2,1H3. The van der Waals surface area contributed by atoms with Gasteiger partial charge in [0.1, 0.15) is 5.70 Å². The normalized spacial score (nSPS) is 19.3. The van der Waals surface area contributed by atoms with Gasteiger partial charge in [-0.05, 0) is 48.4 Å². The third-order valence-corrected chi connectivity index (χ3v) is 5.95. The summed E-state index contributed by atoms with van der Waals surface area (Å²) in [6.07, 6.45) is 2.63. The fourth-order valence-corrected chi connectivity index (χ4v) is 4.35. The van der Waals surface area contributed by atoms with Crippen LogP contribution in [0.25, 0.3) is 5.57 Å². The number of carbonyl (C=O) groups is 2. The number of nitro groups is 1. The molecule has 2 heterocycles. The average molecular weight is 419 g/mol. The van der Waals surface area contributed by atoms with Crippen LogP contribution in [0, 0.1) is 16.0 Å². The van der Waals surface area contributed by atoms with Crippen molar-refractivity contribution in [1.82, 2.24) is 9.80 Å². The molecule has 2 amide bonds. The number of hydrogen-bond donors (Lipinski definition) is 0. The summed E-state index contributed by atoms with van der Waals surface area (Å²) in [7, 11) is 0. The molecule has 2 aromatic carbocycles. The smallest absolute Gasteiger partial charge is 0.277 e. The molecule has 0 N–H and O–H groups in total. The number of nitrogens with zero attached hydrogens (tertiary/aromatic N) is 3. The van der Waals surface area contributed by atoms with E-state index in [1.54, 1.807) is 12.1 Å². The van der Waals surface area contributed by atoms with Gasteiger partial charge >= 0.3 is 0 Å². The fourth-order valence-electron chi connectivity index (χ4n) is 4.35. The Morgan fingerprint density at radius 1 is 1.03 bits per heavy atom. The number of carbonyl (C=O) groups excluding carboxylic acids is 2. The van der Waals surface area contributed by atoms with Crippen LogP contribution in [0.2, 0.25) is 0 Å². The number of imide groups is 1. The minimum Gasteiger partial charge on any atom is -0.366 e. The molecule has 160 valence electrons. The van der Waals surface area contributed by atoms with E-state index in [-0.39, 0.29) is 17.5 Å². The van der Waals surface area contributed by atoms with Gasteiger partial charge < -0.3 is 4.90 Å². The van der Waals surface area contributed by atoms with Gasteiger partial charge in [0.05, 0.1) is 10.5 Å². The van der Waals surface area contributed by atoms with Gasteiger partial charge in [-0.3, -0.25) is 24.6 Å². The van der Waals surface area contributed by atoms with Crippen LogP contribution in [0.1, 0.15) is 30.9 Å². The molecule has 31 heavy (non-hydrogen) atoms. The zero-order valence-corrected chi connectivity index (χ0v) is 17.5. The number of likely N-dealkylation sites (tertiary alicyclic amines) is 1. The molecule has 1 unspecified atom stereocenters. The minimum absolute atomic E-state index is 0.0461. The molecule has 2 aliphatic rings. The third-order valence-electron chi connectivity index (χ3n) is 5.95. The van der Waals surface area contributed by atoms with Crippen LogP contribution in [0.15, 0.2) is 60.3 Å². The van der Waals surface area contributed by atoms with E-state index < -0.39 is 4.92 Å². The molecular weight excluding hydrogens is 394 g/mol. The number of nitro benzene ring substituents is 1. The first-order chi connectivity index (χ1) is 15.0. The lowest BCUT2D eigenvalue weighted by Crippen LogP contribution is -2.39. The van der Waals surface area contributed by atoms with Crippen molar-refractivity contribution in [2.75, 3.05) is 19.6 Å². The predicted molar refractivity (Wildman–Crippen MR) is 117 cm³/mol. The van der Waals surface area contributed by atoms with Gasteiger partial charge in [0.15, 0.2) is 0 Å². The number of rotatable bonds is 6. The zero-order chi connectivity index (χ0) is 22.0. The van der Waals surface area contributed by atoms with E-state index in [9.17, 15) is 19.7 Å². The number of hydrogen-bond acceptors (Lipinski definition) is 5. The largest absolute Gasteiger partial charge is 0.366 e. The Morgan fingerprint density at radius 2 is 1.74 bits per heavy atom. The molecule has 7 heteroatoms. The number of benzene rings is 2. The molecular formula is C24H25N3O4. The van der Waals surface area contributed by atoms with Crippen LogP contribution < -0.4 is 0 Å². The van der Waals surface area contributed by atoms with E-state index in [0.29, 0.717) is 35.7 Å². The van der Waals surface area contributed by atoms with Crippen molar-refractivity contribution in [2.24, 2.45) is 5.92 Å². The Labute approximate surface area is 181 Å². The molecule has 0 spiro atoms. The van der Waals surface area contributed by atoms with Gasteiger partial charge in [0.25, 0.3) is 17.5 Å². The molecule has 1 atom stereocenters. The maximum Gasteiger partial charge on any atom is 0.277 e. The Hall–Kier alpha value is -3.48. The van der Waals surface area contributed by atoms with E-state index in [4.69, 9.17) is 0 Å². The molecule has 2 aliphatic heterocycles. The molecule has 4 rings (SSSR count). The first-order valence-electron chi connectivity index (χ1n) is 10.6. The van der Waals surface area contributed by atoms with Gasteiger partial charge in [-0.25, -0.2) is 0 Å². The van der Waals surface area contributed by atoms with E-state index >= 15 is 0 Å². The zero-order valence-electron chi connectivity index (χ0n) is 17.5. The number of amides is 2.